The Bertz CT molecular complexity index is 534. The van der Waals surface area contributed by atoms with Gasteiger partial charge in [0, 0.05) is 11.1 Å². The summed E-state index contributed by atoms with van der Waals surface area (Å²) in [5.41, 5.74) is 0.267. The summed E-state index contributed by atoms with van der Waals surface area (Å²) < 4.78 is 0. The van der Waals surface area contributed by atoms with Crippen LogP contribution in [0.5, 0.6) is 0 Å². The number of hydrogen-bond acceptors (Lipinski definition) is 4. The van der Waals surface area contributed by atoms with E-state index in [1.807, 2.05) is 31.2 Å². The SMILES string of the molecule is Cc1nc(SCC(C)(C)O)c2ccccc2n1. The summed E-state index contributed by atoms with van der Waals surface area (Å²) >= 11 is 1.57. The first-order valence-corrected chi connectivity index (χ1v) is 6.53. The molecule has 0 amide bonds. The van der Waals surface area contributed by atoms with Gasteiger partial charge in [-0.1, -0.05) is 18.2 Å². The summed E-state index contributed by atoms with van der Waals surface area (Å²) in [5.74, 6) is 1.38. The zero-order chi connectivity index (χ0) is 12.5. The molecule has 2 rings (SSSR count). The lowest BCUT2D eigenvalue weighted by Crippen LogP contribution is -2.21. The molecule has 0 saturated heterocycles. The van der Waals surface area contributed by atoms with Crippen LogP contribution in [0.2, 0.25) is 0 Å². The Labute approximate surface area is 105 Å². The fourth-order valence-corrected chi connectivity index (χ4v) is 2.53. The molecule has 0 spiro atoms. The van der Waals surface area contributed by atoms with Crippen LogP contribution in [0.25, 0.3) is 10.9 Å². The van der Waals surface area contributed by atoms with E-state index >= 15 is 0 Å². The minimum Gasteiger partial charge on any atom is -0.390 e. The van der Waals surface area contributed by atoms with Crippen LogP contribution < -0.4 is 0 Å². The third kappa shape index (κ3) is 3.17. The van der Waals surface area contributed by atoms with Crippen molar-refractivity contribution in [3.63, 3.8) is 0 Å². The van der Waals surface area contributed by atoms with E-state index in [0.717, 1.165) is 21.8 Å². The molecular formula is C13H16N2OS. The molecule has 2 aromatic rings. The Hall–Kier alpha value is -1.13. The first kappa shape index (κ1) is 12.3. The number of aliphatic hydroxyl groups is 1. The molecule has 4 heteroatoms. The van der Waals surface area contributed by atoms with Crippen molar-refractivity contribution in [2.75, 3.05) is 5.75 Å². The molecule has 1 aromatic heterocycles. The van der Waals surface area contributed by atoms with Gasteiger partial charge in [-0.25, -0.2) is 9.97 Å². The average Bonchev–Trinajstić information content (AvgIpc) is 2.24. The van der Waals surface area contributed by atoms with Gasteiger partial charge in [0.15, 0.2) is 0 Å². The highest BCUT2D eigenvalue weighted by Crippen LogP contribution is 2.27. The van der Waals surface area contributed by atoms with Crippen molar-refractivity contribution in [1.29, 1.82) is 0 Å². The molecule has 0 atom stereocenters. The number of fused-ring (bicyclic) bond motifs is 1. The summed E-state index contributed by atoms with van der Waals surface area (Å²) in [4.78, 5) is 8.84. The van der Waals surface area contributed by atoms with Crippen molar-refractivity contribution in [1.82, 2.24) is 9.97 Å². The zero-order valence-corrected chi connectivity index (χ0v) is 11.1. The normalized spacial score (nSPS) is 12.0. The number of aromatic nitrogens is 2. The van der Waals surface area contributed by atoms with Crippen LogP contribution in [0.3, 0.4) is 0 Å². The second-order valence-corrected chi connectivity index (χ2v) is 5.66. The number of thioether (sulfide) groups is 1. The molecule has 0 aliphatic heterocycles. The standard InChI is InChI=1S/C13H16N2OS/c1-9-14-11-7-5-4-6-10(11)12(15-9)17-8-13(2,3)16/h4-7,16H,8H2,1-3H3. The summed E-state index contributed by atoms with van der Waals surface area (Å²) in [6.07, 6.45) is 0. The molecule has 0 aliphatic carbocycles. The molecule has 0 fully saturated rings. The number of hydrogen-bond donors (Lipinski definition) is 1. The molecule has 17 heavy (non-hydrogen) atoms. The Kier molecular flexibility index (Phi) is 3.35. The van der Waals surface area contributed by atoms with E-state index in [1.54, 1.807) is 25.6 Å². The topological polar surface area (TPSA) is 46.0 Å². The van der Waals surface area contributed by atoms with Crippen molar-refractivity contribution in [2.45, 2.75) is 31.4 Å². The second-order valence-electron chi connectivity index (χ2n) is 4.69. The lowest BCUT2D eigenvalue weighted by molar-refractivity contribution is 0.107. The third-order valence-corrected chi connectivity index (χ3v) is 3.68. The number of rotatable bonds is 3. The van der Waals surface area contributed by atoms with E-state index in [4.69, 9.17) is 0 Å². The number of para-hydroxylation sites is 1. The zero-order valence-electron chi connectivity index (χ0n) is 10.3. The minimum atomic E-state index is -0.690. The highest BCUT2D eigenvalue weighted by molar-refractivity contribution is 7.99. The molecule has 0 bridgehead atoms. The lowest BCUT2D eigenvalue weighted by Gasteiger charge is -2.16. The predicted molar refractivity (Wildman–Crippen MR) is 71.3 cm³/mol. The Morgan fingerprint density at radius 1 is 1.24 bits per heavy atom. The van der Waals surface area contributed by atoms with E-state index in [2.05, 4.69) is 9.97 Å². The lowest BCUT2D eigenvalue weighted by atomic mass is 10.2. The van der Waals surface area contributed by atoms with Crippen molar-refractivity contribution >= 4 is 22.7 Å². The quantitative estimate of drug-likeness (QED) is 0.670. The molecule has 3 nitrogen and oxygen atoms in total. The van der Waals surface area contributed by atoms with Crippen molar-refractivity contribution in [3.8, 4) is 0 Å². The molecule has 1 heterocycles. The van der Waals surface area contributed by atoms with E-state index in [9.17, 15) is 5.11 Å². The maximum atomic E-state index is 9.76. The smallest absolute Gasteiger partial charge is 0.127 e. The van der Waals surface area contributed by atoms with Crippen LogP contribution >= 0.6 is 11.8 Å². The van der Waals surface area contributed by atoms with E-state index in [0.29, 0.717) is 5.75 Å². The maximum absolute atomic E-state index is 9.76. The van der Waals surface area contributed by atoms with Gasteiger partial charge in [0.2, 0.25) is 0 Å². The summed E-state index contributed by atoms with van der Waals surface area (Å²) in [6, 6.07) is 7.95. The van der Waals surface area contributed by atoms with Crippen molar-refractivity contribution in [2.24, 2.45) is 0 Å². The van der Waals surface area contributed by atoms with E-state index < -0.39 is 5.60 Å². The summed E-state index contributed by atoms with van der Waals surface area (Å²) in [7, 11) is 0. The molecule has 1 N–H and O–H groups in total. The van der Waals surface area contributed by atoms with Crippen LogP contribution in [-0.4, -0.2) is 26.4 Å². The molecule has 90 valence electrons. The van der Waals surface area contributed by atoms with Crippen LogP contribution in [-0.2, 0) is 0 Å². The highest BCUT2D eigenvalue weighted by Gasteiger charge is 2.15. The largest absolute Gasteiger partial charge is 0.390 e. The number of aryl methyl sites for hydroxylation is 1. The fourth-order valence-electron chi connectivity index (χ4n) is 1.51. The number of benzene rings is 1. The van der Waals surface area contributed by atoms with Gasteiger partial charge in [-0.05, 0) is 26.8 Å². The second kappa shape index (κ2) is 4.63. The fraction of sp³-hybridized carbons (Fsp3) is 0.385. The Morgan fingerprint density at radius 3 is 2.65 bits per heavy atom. The van der Waals surface area contributed by atoms with Gasteiger partial charge in [-0.2, -0.15) is 0 Å². The molecule has 1 aromatic carbocycles. The Morgan fingerprint density at radius 2 is 1.94 bits per heavy atom. The summed E-state index contributed by atoms with van der Waals surface area (Å²) in [5, 5.41) is 11.7. The maximum Gasteiger partial charge on any atom is 0.127 e. The van der Waals surface area contributed by atoms with Gasteiger partial charge in [0.05, 0.1) is 11.1 Å². The highest BCUT2D eigenvalue weighted by atomic mass is 32.2. The Balaban J connectivity index is 2.39. The summed E-state index contributed by atoms with van der Waals surface area (Å²) in [6.45, 7) is 5.49. The molecule has 0 aliphatic rings. The van der Waals surface area contributed by atoms with Crippen LogP contribution in [0.15, 0.2) is 29.3 Å². The van der Waals surface area contributed by atoms with E-state index in [1.165, 1.54) is 0 Å². The first-order valence-electron chi connectivity index (χ1n) is 5.54. The van der Waals surface area contributed by atoms with Gasteiger partial charge in [0.25, 0.3) is 0 Å². The number of nitrogens with zero attached hydrogens (tertiary/aromatic N) is 2. The third-order valence-electron chi connectivity index (χ3n) is 2.24. The van der Waals surface area contributed by atoms with Crippen LogP contribution in [0.1, 0.15) is 19.7 Å². The van der Waals surface area contributed by atoms with Crippen molar-refractivity contribution < 1.29 is 5.11 Å². The molecular weight excluding hydrogens is 232 g/mol. The monoisotopic (exact) mass is 248 g/mol. The van der Waals surface area contributed by atoms with Crippen LogP contribution in [0, 0.1) is 6.92 Å². The van der Waals surface area contributed by atoms with Crippen molar-refractivity contribution in [3.05, 3.63) is 30.1 Å². The van der Waals surface area contributed by atoms with Gasteiger partial charge < -0.3 is 5.11 Å². The van der Waals surface area contributed by atoms with Gasteiger partial charge in [0.1, 0.15) is 10.9 Å². The molecule has 0 radical (unpaired) electrons. The van der Waals surface area contributed by atoms with Gasteiger partial charge in [-0.15, -0.1) is 11.8 Å². The van der Waals surface area contributed by atoms with E-state index in [-0.39, 0.29) is 0 Å². The minimum absolute atomic E-state index is 0.618. The molecule has 0 unspecified atom stereocenters. The van der Waals surface area contributed by atoms with Gasteiger partial charge in [-0.3, -0.25) is 0 Å². The molecule has 0 saturated carbocycles. The average molecular weight is 248 g/mol. The predicted octanol–water partition coefficient (Wildman–Crippen LogP) is 2.80. The van der Waals surface area contributed by atoms with Gasteiger partial charge >= 0.3 is 0 Å². The first-order chi connectivity index (χ1) is 7.96. The van der Waals surface area contributed by atoms with Crippen LogP contribution in [0.4, 0.5) is 0 Å².